The Balaban J connectivity index is 4.11. The molecule has 2 atom stereocenters. The highest BCUT2D eigenvalue weighted by Crippen LogP contribution is 2.09. The van der Waals surface area contributed by atoms with Crippen LogP contribution in [0.3, 0.4) is 0 Å². The molecule has 0 rings (SSSR count). The van der Waals surface area contributed by atoms with Gasteiger partial charge in [-0.15, -0.1) is 0 Å². The van der Waals surface area contributed by atoms with Crippen molar-refractivity contribution < 1.29 is 9.53 Å². The molecule has 0 spiro atoms. The van der Waals surface area contributed by atoms with E-state index in [1.165, 1.54) is 32.1 Å². The molecule has 4 nitrogen and oxygen atoms in total. The fourth-order valence-corrected chi connectivity index (χ4v) is 2.22. The van der Waals surface area contributed by atoms with Crippen molar-refractivity contribution in [2.75, 3.05) is 6.54 Å². The Labute approximate surface area is 137 Å². The zero-order valence-corrected chi connectivity index (χ0v) is 15.8. The van der Waals surface area contributed by atoms with Crippen LogP contribution in [-0.4, -0.2) is 30.3 Å². The van der Waals surface area contributed by atoms with Gasteiger partial charge in [0.1, 0.15) is 5.60 Å². The highest BCUT2D eigenvalue weighted by Gasteiger charge is 2.21. The lowest BCUT2D eigenvalue weighted by Crippen LogP contribution is -2.48. The maximum absolute atomic E-state index is 11.9. The molecule has 0 bridgehead atoms. The van der Waals surface area contributed by atoms with Crippen LogP contribution in [0.1, 0.15) is 80.6 Å². The molecule has 2 unspecified atom stereocenters. The lowest BCUT2D eigenvalue weighted by Gasteiger charge is -2.27. The molecule has 0 aliphatic heterocycles. The molecule has 0 heterocycles. The first-order valence-electron chi connectivity index (χ1n) is 8.88. The normalized spacial score (nSPS) is 14.7. The summed E-state index contributed by atoms with van der Waals surface area (Å²) in [7, 11) is 0. The van der Waals surface area contributed by atoms with Crippen LogP contribution < -0.4 is 10.6 Å². The van der Waals surface area contributed by atoms with E-state index in [0.717, 1.165) is 6.54 Å². The number of rotatable bonds is 10. The minimum Gasteiger partial charge on any atom is -0.444 e. The maximum Gasteiger partial charge on any atom is 0.407 e. The van der Waals surface area contributed by atoms with Crippen LogP contribution >= 0.6 is 0 Å². The number of unbranched alkanes of at least 4 members (excludes halogenated alkanes) is 3. The summed E-state index contributed by atoms with van der Waals surface area (Å²) < 4.78 is 5.34. The topological polar surface area (TPSA) is 50.4 Å². The predicted molar refractivity (Wildman–Crippen MR) is 94.2 cm³/mol. The van der Waals surface area contributed by atoms with Gasteiger partial charge < -0.3 is 15.4 Å². The molecule has 1 amide bonds. The van der Waals surface area contributed by atoms with E-state index in [9.17, 15) is 4.79 Å². The molecule has 4 heteroatoms. The van der Waals surface area contributed by atoms with Crippen LogP contribution in [0.2, 0.25) is 0 Å². The first-order chi connectivity index (χ1) is 10.2. The summed E-state index contributed by atoms with van der Waals surface area (Å²) in [5.74, 6) is 0.368. The third-order valence-corrected chi connectivity index (χ3v) is 3.68. The minimum atomic E-state index is -0.453. The summed E-state index contributed by atoms with van der Waals surface area (Å²) in [6.07, 6.45) is 6.04. The van der Waals surface area contributed by atoms with Gasteiger partial charge in [0, 0.05) is 18.6 Å². The Morgan fingerprint density at radius 2 is 1.73 bits per heavy atom. The highest BCUT2D eigenvalue weighted by molar-refractivity contribution is 5.68. The molecule has 0 aromatic rings. The largest absolute Gasteiger partial charge is 0.444 e. The van der Waals surface area contributed by atoms with Crippen LogP contribution in [0.4, 0.5) is 4.79 Å². The molecule has 0 aromatic heterocycles. The first kappa shape index (κ1) is 21.2. The Morgan fingerprint density at radius 3 is 2.23 bits per heavy atom. The minimum absolute atomic E-state index is 0.0907. The maximum atomic E-state index is 11.9. The molecular weight excluding hydrogens is 276 g/mol. The van der Waals surface area contributed by atoms with Gasteiger partial charge in [0.15, 0.2) is 0 Å². The van der Waals surface area contributed by atoms with Gasteiger partial charge in [-0.3, -0.25) is 0 Å². The number of ether oxygens (including phenoxy) is 1. The van der Waals surface area contributed by atoms with Crippen molar-refractivity contribution in [1.29, 1.82) is 0 Å². The summed E-state index contributed by atoms with van der Waals surface area (Å²) in [5.41, 5.74) is -0.453. The van der Waals surface area contributed by atoms with E-state index in [0.29, 0.717) is 12.0 Å². The number of hydrogen-bond donors (Lipinski definition) is 2. The average Bonchev–Trinajstić information content (AvgIpc) is 2.37. The third kappa shape index (κ3) is 11.8. The van der Waals surface area contributed by atoms with Gasteiger partial charge in [-0.2, -0.15) is 0 Å². The van der Waals surface area contributed by atoms with Gasteiger partial charge in [-0.05, 0) is 40.0 Å². The second kappa shape index (κ2) is 10.9. The number of amides is 1. The Bertz CT molecular complexity index is 298. The van der Waals surface area contributed by atoms with Crippen LogP contribution in [0.15, 0.2) is 0 Å². The van der Waals surface area contributed by atoms with Gasteiger partial charge in [0.2, 0.25) is 0 Å². The SMILES string of the molecule is CCCCCCC(C)NCC(NC(=O)OC(C)(C)C)C(C)C. The molecule has 2 N–H and O–H groups in total. The Kier molecular flexibility index (Phi) is 10.5. The zero-order chi connectivity index (χ0) is 17.2. The lowest BCUT2D eigenvalue weighted by molar-refractivity contribution is 0.0489. The average molecular weight is 315 g/mol. The van der Waals surface area contributed by atoms with Crippen LogP contribution in [0, 0.1) is 5.92 Å². The van der Waals surface area contributed by atoms with Gasteiger partial charge in [0.05, 0.1) is 0 Å². The number of alkyl carbamates (subject to hydrolysis) is 1. The molecule has 0 aliphatic carbocycles. The van der Waals surface area contributed by atoms with Crippen molar-refractivity contribution in [3.8, 4) is 0 Å². The molecule has 0 aromatic carbocycles. The van der Waals surface area contributed by atoms with E-state index in [1.54, 1.807) is 0 Å². The summed E-state index contributed by atoms with van der Waals surface area (Å²) in [4.78, 5) is 11.9. The Morgan fingerprint density at radius 1 is 1.09 bits per heavy atom. The number of carbonyl (C=O) groups is 1. The van der Waals surface area contributed by atoms with Crippen LogP contribution in [0.5, 0.6) is 0 Å². The van der Waals surface area contributed by atoms with Gasteiger partial charge in [-0.1, -0.05) is 46.5 Å². The molecule has 0 aliphatic rings. The summed E-state index contributed by atoms with van der Waals surface area (Å²) in [5, 5.41) is 6.52. The predicted octanol–water partition coefficient (Wildman–Crippen LogP) is 4.48. The standard InChI is InChI=1S/C18H38N2O2/c1-8-9-10-11-12-15(4)19-13-16(14(2)3)20-17(21)22-18(5,6)7/h14-16,19H,8-13H2,1-7H3,(H,20,21). The molecule has 22 heavy (non-hydrogen) atoms. The van der Waals surface area contributed by atoms with E-state index in [1.807, 2.05) is 20.8 Å². The monoisotopic (exact) mass is 314 g/mol. The molecule has 132 valence electrons. The van der Waals surface area contributed by atoms with Crippen molar-refractivity contribution in [2.24, 2.45) is 5.92 Å². The number of nitrogens with one attached hydrogen (secondary N) is 2. The number of hydrogen-bond acceptors (Lipinski definition) is 3. The van der Waals surface area contributed by atoms with E-state index in [-0.39, 0.29) is 12.1 Å². The van der Waals surface area contributed by atoms with Crippen molar-refractivity contribution in [3.63, 3.8) is 0 Å². The molecule has 0 saturated carbocycles. The van der Waals surface area contributed by atoms with Gasteiger partial charge >= 0.3 is 6.09 Å². The summed E-state index contributed by atoms with van der Waals surface area (Å²) in [6.45, 7) is 15.1. The zero-order valence-electron chi connectivity index (χ0n) is 15.8. The van der Waals surface area contributed by atoms with E-state index in [4.69, 9.17) is 4.74 Å². The van der Waals surface area contributed by atoms with Crippen molar-refractivity contribution in [1.82, 2.24) is 10.6 Å². The second-order valence-corrected chi connectivity index (χ2v) is 7.66. The molecular formula is C18H38N2O2. The van der Waals surface area contributed by atoms with E-state index >= 15 is 0 Å². The van der Waals surface area contributed by atoms with Crippen molar-refractivity contribution in [2.45, 2.75) is 98.3 Å². The second-order valence-electron chi connectivity index (χ2n) is 7.66. The van der Waals surface area contributed by atoms with Crippen LogP contribution in [-0.2, 0) is 4.74 Å². The van der Waals surface area contributed by atoms with Crippen molar-refractivity contribution in [3.05, 3.63) is 0 Å². The van der Waals surface area contributed by atoms with Crippen LogP contribution in [0.25, 0.3) is 0 Å². The van der Waals surface area contributed by atoms with E-state index in [2.05, 4.69) is 38.3 Å². The van der Waals surface area contributed by atoms with E-state index < -0.39 is 5.60 Å². The quantitative estimate of drug-likeness (QED) is 0.584. The first-order valence-corrected chi connectivity index (χ1v) is 8.88. The number of carbonyl (C=O) groups excluding carboxylic acids is 1. The van der Waals surface area contributed by atoms with Gasteiger partial charge in [0.25, 0.3) is 0 Å². The molecule has 0 radical (unpaired) electrons. The lowest BCUT2D eigenvalue weighted by atomic mass is 10.0. The molecule has 0 saturated heterocycles. The third-order valence-electron chi connectivity index (χ3n) is 3.68. The van der Waals surface area contributed by atoms with Crippen molar-refractivity contribution >= 4 is 6.09 Å². The van der Waals surface area contributed by atoms with Gasteiger partial charge in [-0.25, -0.2) is 4.79 Å². The summed E-state index contributed by atoms with van der Waals surface area (Å²) in [6, 6.07) is 0.575. The smallest absolute Gasteiger partial charge is 0.407 e. The highest BCUT2D eigenvalue weighted by atomic mass is 16.6. The summed E-state index contributed by atoms with van der Waals surface area (Å²) >= 11 is 0. The fourth-order valence-electron chi connectivity index (χ4n) is 2.22. The fraction of sp³-hybridized carbons (Fsp3) is 0.944. The Hall–Kier alpha value is -0.770. The molecule has 0 fully saturated rings.